The second kappa shape index (κ2) is 10.7. The molecule has 2 atom stereocenters. The van der Waals surface area contributed by atoms with Gasteiger partial charge in [-0.2, -0.15) is 18.3 Å². The Balaban J connectivity index is 1.59. The molecule has 1 aliphatic rings. The van der Waals surface area contributed by atoms with Crippen LogP contribution in [0, 0.1) is 11.7 Å². The van der Waals surface area contributed by atoms with Crippen LogP contribution in [0.4, 0.5) is 23.4 Å². The van der Waals surface area contributed by atoms with Gasteiger partial charge in [0.25, 0.3) is 11.8 Å². The molecule has 0 saturated carbocycles. The van der Waals surface area contributed by atoms with Gasteiger partial charge in [0, 0.05) is 24.6 Å². The molecule has 0 aliphatic carbocycles. The van der Waals surface area contributed by atoms with Crippen LogP contribution in [0.2, 0.25) is 0 Å². The van der Waals surface area contributed by atoms with E-state index in [2.05, 4.69) is 10.4 Å². The molecule has 2 aromatic carbocycles. The largest absolute Gasteiger partial charge is 0.496 e. The van der Waals surface area contributed by atoms with E-state index in [9.17, 15) is 27.2 Å². The number of rotatable bonds is 8. The van der Waals surface area contributed by atoms with Gasteiger partial charge in [-0.25, -0.2) is 9.07 Å². The van der Waals surface area contributed by atoms with E-state index in [0.29, 0.717) is 15.8 Å². The number of nitrogens with two attached hydrogens (primary N) is 2. The maximum Gasteiger partial charge on any atom is 0.411 e. The first-order valence-corrected chi connectivity index (χ1v) is 11.5. The quantitative estimate of drug-likeness (QED) is 0.378. The molecule has 0 spiro atoms. The van der Waals surface area contributed by atoms with Crippen molar-refractivity contribution < 1.29 is 36.6 Å². The van der Waals surface area contributed by atoms with E-state index < -0.39 is 41.6 Å². The average molecular weight is 535 g/mol. The summed E-state index contributed by atoms with van der Waals surface area (Å²) < 4.78 is 66.5. The molecule has 2 unspecified atom stereocenters. The normalized spacial score (nSPS) is 16.3. The number of nitrogens with one attached hydrogen (secondary N) is 1. The molecule has 9 nitrogen and oxygen atoms in total. The highest BCUT2D eigenvalue weighted by Crippen LogP contribution is 2.42. The van der Waals surface area contributed by atoms with Crippen LogP contribution in [0.5, 0.6) is 5.75 Å². The van der Waals surface area contributed by atoms with E-state index in [1.807, 2.05) is 0 Å². The lowest BCUT2D eigenvalue weighted by Crippen LogP contribution is -2.35. The summed E-state index contributed by atoms with van der Waals surface area (Å²) in [5.41, 5.74) is 12.0. The molecule has 1 fully saturated rings. The number of primary amides is 1. The number of alkyl halides is 3. The Morgan fingerprint density at radius 1 is 1.24 bits per heavy atom. The van der Waals surface area contributed by atoms with Gasteiger partial charge in [-0.3, -0.25) is 9.59 Å². The van der Waals surface area contributed by atoms with Crippen molar-refractivity contribution in [1.82, 2.24) is 15.1 Å². The number of benzene rings is 2. The molecule has 2 heterocycles. The zero-order valence-electron chi connectivity index (χ0n) is 20.2. The molecule has 0 bridgehead atoms. The summed E-state index contributed by atoms with van der Waals surface area (Å²) in [6.07, 6.45) is -4.54. The number of aromatic nitrogens is 2. The van der Waals surface area contributed by atoms with Crippen molar-refractivity contribution in [3.8, 4) is 17.0 Å². The summed E-state index contributed by atoms with van der Waals surface area (Å²) in [6, 6.07) is 7.68. The summed E-state index contributed by atoms with van der Waals surface area (Å²) in [5.74, 6) is -3.39. The standard InChI is InChI=1S/C25H25F4N5O4/c1-37-18-7-6-16(26)10-17(18)24(36)32-11-13-2-4-14(5-3-13)20-19(23(31)35)22(30)34(33-20)21(25(27,28)29)15-8-9-38-12-15/h2-7,10,15,21H,8-9,11-12,30H2,1H3,(H2,31,35)(H,32,36). The van der Waals surface area contributed by atoms with E-state index in [4.69, 9.17) is 20.9 Å². The van der Waals surface area contributed by atoms with Gasteiger partial charge in [-0.1, -0.05) is 24.3 Å². The van der Waals surface area contributed by atoms with Gasteiger partial charge in [0.1, 0.15) is 28.6 Å². The first kappa shape index (κ1) is 26.9. The number of halogens is 4. The van der Waals surface area contributed by atoms with Crippen molar-refractivity contribution in [1.29, 1.82) is 0 Å². The molecule has 202 valence electrons. The van der Waals surface area contributed by atoms with Crippen LogP contribution >= 0.6 is 0 Å². The molecule has 2 amide bonds. The minimum Gasteiger partial charge on any atom is -0.496 e. The highest BCUT2D eigenvalue weighted by Gasteiger charge is 2.49. The number of carbonyl (C=O) groups is 2. The molecular formula is C25H25F4N5O4. The fourth-order valence-electron chi connectivity index (χ4n) is 4.43. The lowest BCUT2D eigenvalue weighted by molar-refractivity contribution is -0.183. The number of methoxy groups -OCH3 is 1. The van der Waals surface area contributed by atoms with Crippen molar-refractivity contribution in [2.24, 2.45) is 11.7 Å². The third kappa shape index (κ3) is 5.42. The van der Waals surface area contributed by atoms with E-state index in [0.717, 1.165) is 6.07 Å². The van der Waals surface area contributed by atoms with Gasteiger partial charge in [0.2, 0.25) is 0 Å². The summed E-state index contributed by atoms with van der Waals surface area (Å²) in [6.45, 7) is 0.112. The monoisotopic (exact) mass is 535 g/mol. The van der Waals surface area contributed by atoms with E-state index >= 15 is 0 Å². The second-order valence-corrected chi connectivity index (χ2v) is 8.75. The van der Waals surface area contributed by atoms with Gasteiger partial charge < -0.3 is 26.3 Å². The molecule has 1 saturated heterocycles. The van der Waals surface area contributed by atoms with Gasteiger partial charge >= 0.3 is 6.18 Å². The minimum absolute atomic E-state index is 0.0168. The third-order valence-corrected chi connectivity index (χ3v) is 6.29. The van der Waals surface area contributed by atoms with Gasteiger partial charge in [-0.05, 0) is 30.2 Å². The smallest absolute Gasteiger partial charge is 0.411 e. The zero-order chi connectivity index (χ0) is 27.6. The number of ether oxygens (including phenoxy) is 2. The van der Waals surface area contributed by atoms with Gasteiger partial charge in [-0.15, -0.1) is 0 Å². The molecular weight excluding hydrogens is 510 g/mol. The topological polar surface area (TPSA) is 134 Å². The predicted molar refractivity (Wildman–Crippen MR) is 129 cm³/mol. The highest BCUT2D eigenvalue weighted by atomic mass is 19.4. The van der Waals surface area contributed by atoms with Crippen molar-refractivity contribution >= 4 is 17.6 Å². The zero-order valence-corrected chi connectivity index (χ0v) is 20.2. The van der Waals surface area contributed by atoms with Crippen LogP contribution in [0.3, 0.4) is 0 Å². The Bertz CT molecular complexity index is 1330. The minimum atomic E-state index is -4.70. The Kier molecular flexibility index (Phi) is 7.58. The number of hydrogen-bond acceptors (Lipinski definition) is 6. The number of nitrogens with zero attached hydrogens (tertiary/aromatic N) is 2. The van der Waals surface area contributed by atoms with Crippen molar-refractivity contribution in [3.05, 3.63) is 65.0 Å². The molecule has 5 N–H and O–H groups in total. The summed E-state index contributed by atoms with van der Waals surface area (Å²) in [7, 11) is 1.36. The third-order valence-electron chi connectivity index (χ3n) is 6.29. The molecule has 3 aromatic rings. The Labute approximate surface area is 214 Å². The van der Waals surface area contributed by atoms with E-state index in [1.54, 1.807) is 12.1 Å². The van der Waals surface area contributed by atoms with Gasteiger partial charge in [0.15, 0.2) is 6.04 Å². The number of anilines is 1. The number of amides is 2. The SMILES string of the molecule is COc1ccc(F)cc1C(=O)NCc1ccc(-c2nn(C(C3CCOC3)C(F)(F)F)c(N)c2C(N)=O)cc1. The van der Waals surface area contributed by atoms with Crippen molar-refractivity contribution in [2.75, 3.05) is 26.1 Å². The van der Waals surface area contributed by atoms with Crippen LogP contribution in [0.25, 0.3) is 11.3 Å². The Morgan fingerprint density at radius 3 is 2.53 bits per heavy atom. The first-order valence-electron chi connectivity index (χ1n) is 11.5. The molecule has 1 aliphatic heterocycles. The highest BCUT2D eigenvalue weighted by molar-refractivity contribution is 6.03. The molecule has 4 rings (SSSR count). The molecule has 13 heteroatoms. The lowest BCUT2D eigenvalue weighted by Gasteiger charge is -2.26. The first-order chi connectivity index (χ1) is 18.0. The lowest BCUT2D eigenvalue weighted by atomic mass is 9.98. The van der Waals surface area contributed by atoms with Gasteiger partial charge in [0.05, 0.1) is 19.3 Å². The second-order valence-electron chi connectivity index (χ2n) is 8.75. The molecule has 38 heavy (non-hydrogen) atoms. The Hall–Kier alpha value is -4.13. The Morgan fingerprint density at radius 2 is 1.95 bits per heavy atom. The number of carbonyl (C=O) groups excluding carboxylic acids is 2. The van der Waals surface area contributed by atoms with E-state index in [1.165, 1.54) is 31.4 Å². The predicted octanol–water partition coefficient (Wildman–Crippen LogP) is 3.45. The summed E-state index contributed by atoms with van der Waals surface area (Å²) in [5, 5.41) is 6.73. The number of hydrogen-bond donors (Lipinski definition) is 3. The maximum atomic E-state index is 14.0. The fourth-order valence-corrected chi connectivity index (χ4v) is 4.43. The number of nitrogen functional groups attached to an aromatic ring is 1. The van der Waals surface area contributed by atoms with Crippen LogP contribution in [0.15, 0.2) is 42.5 Å². The maximum absolute atomic E-state index is 14.0. The van der Waals surface area contributed by atoms with Crippen LogP contribution < -0.4 is 21.5 Å². The summed E-state index contributed by atoms with van der Waals surface area (Å²) >= 11 is 0. The van der Waals surface area contributed by atoms with Crippen LogP contribution in [0.1, 0.15) is 38.7 Å². The van der Waals surface area contributed by atoms with Crippen molar-refractivity contribution in [3.63, 3.8) is 0 Å². The van der Waals surface area contributed by atoms with Crippen molar-refractivity contribution in [2.45, 2.75) is 25.2 Å². The average Bonchev–Trinajstić information content (AvgIpc) is 3.51. The van der Waals surface area contributed by atoms with Crippen LogP contribution in [-0.4, -0.2) is 48.1 Å². The van der Waals surface area contributed by atoms with Crippen LogP contribution in [-0.2, 0) is 11.3 Å². The summed E-state index contributed by atoms with van der Waals surface area (Å²) in [4.78, 5) is 24.7. The molecule has 1 aromatic heterocycles. The van der Waals surface area contributed by atoms with E-state index in [-0.39, 0.29) is 48.7 Å². The molecule has 0 radical (unpaired) electrons. The fraction of sp³-hybridized carbons (Fsp3) is 0.320.